The van der Waals surface area contributed by atoms with Crippen LogP contribution in [0.4, 0.5) is 13.6 Å². The van der Waals surface area contributed by atoms with Gasteiger partial charge >= 0.3 is 6.09 Å². The summed E-state index contributed by atoms with van der Waals surface area (Å²) in [6.45, 7) is 5.24. The van der Waals surface area contributed by atoms with Crippen LogP contribution in [0.15, 0.2) is 47.8 Å². The predicted molar refractivity (Wildman–Crippen MR) is 118 cm³/mol. The van der Waals surface area contributed by atoms with E-state index in [1.165, 1.54) is 30.5 Å². The SMILES string of the molecule is CC(C)(C)C(Cc1cn(S(=O)(=O)c2cccnc2Cl)c(-c2cccnc2F)c1F)NC(=O)O. The normalized spacial score (nSPS) is 13.0. The van der Waals surface area contributed by atoms with Gasteiger partial charge in [-0.25, -0.2) is 31.5 Å². The fourth-order valence-corrected chi connectivity index (χ4v) is 5.08. The minimum absolute atomic E-state index is 0.134. The highest BCUT2D eigenvalue weighted by atomic mass is 35.5. The molecule has 0 aliphatic rings. The van der Waals surface area contributed by atoms with E-state index < -0.39 is 49.9 Å². The molecule has 3 heterocycles. The van der Waals surface area contributed by atoms with Gasteiger partial charge in [-0.05, 0) is 36.1 Å². The number of carboxylic acid groups (broad SMARTS) is 1. The second kappa shape index (κ2) is 9.06. The van der Waals surface area contributed by atoms with Crippen LogP contribution in [0.2, 0.25) is 5.15 Å². The van der Waals surface area contributed by atoms with Crippen LogP contribution in [0.3, 0.4) is 0 Å². The van der Waals surface area contributed by atoms with Crippen LogP contribution < -0.4 is 5.32 Å². The summed E-state index contributed by atoms with van der Waals surface area (Å²) in [5, 5.41) is 11.2. The van der Waals surface area contributed by atoms with Gasteiger partial charge in [0.05, 0.1) is 5.56 Å². The van der Waals surface area contributed by atoms with Crippen molar-refractivity contribution in [3.63, 3.8) is 0 Å². The fourth-order valence-electron chi connectivity index (χ4n) is 3.26. The number of halogens is 3. The summed E-state index contributed by atoms with van der Waals surface area (Å²) >= 11 is 5.98. The number of amides is 1. The lowest BCUT2D eigenvalue weighted by molar-refractivity contribution is 0.174. The zero-order chi connectivity index (χ0) is 24.6. The lowest BCUT2D eigenvalue weighted by atomic mass is 9.83. The predicted octanol–water partition coefficient (Wildman–Crippen LogP) is 4.34. The van der Waals surface area contributed by atoms with Crippen molar-refractivity contribution in [2.24, 2.45) is 5.41 Å². The number of nitrogens with one attached hydrogen (secondary N) is 1. The molecule has 3 aromatic rings. The number of hydrogen-bond acceptors (Lipinski definition) is 5. The number of rotatable bonds is 6. The van der Waals surface area contributed by atoms with Crippen LogP contribution in [-0.4, -0.2) is 39.6 Å². The Morgan fingerprint density at radius 3 is 2.42 bits per heavy atom. The average Bonchev–Trinajstić information content (AvgIpc) is 3.04. The molecule has 1 amide bonds. The Bertz CT molecular complexity index is 1310. The van der Waals surface area contributed by atoms with Gasteiger partial charge in [-0.1, -0.05) is 32.4 Å². The van der Waals surface area contributed by atoms with Gasteiger partial charge in [0.15, 0.2) is 5.82 Å². The average molecular weight is 499 g/mol. The molecule has 0 saturated carbocycles. The molecule has 3 aromatic heterocycles. The fraction of sp³-hybridized carbons (Fsp3) is 0.286. The van der Waals surface area contributed by atoms with E-state index >= 15 is 4.39 Å². The van der Waals surface area contributed by atoms with Crippen LogP contribution in [0.5, 0.6) is 0 Å². The number of hydrogen-bond donors (Lipinski definition) is 2. The zero-order valence-electron chi connectivity index (χ0n) is 17.9. The van der Waals surface area contributed by atoms with Crippen molar-refractivity contribution in [3.05, 3.63) is 65.3 Å². The first-order valence-electron chi connectivity index (χ1n) is 9.70. The molecule has 8 nitrogen and oxygen atoms in total. The summed E-state index contributed by atoms with van der Waals surface area (Å²) in [7, 11) is -4.51. The summed E-state index contributed by atoms with van der Waals surface area (Å²) in [4.78, 5) is 18.1. The molecule has 0 aromatic carbocycles. The van der Waals surface area contributed by atoms with Gasteiger partial charge in [0, 0.05) is 30.2 Å². The van der Waals surface area contributed by atoms with Gasteiger partial charge in [0.25, 0.3) is 10.0 Å². The lowest BCUT2D eigenvalue weighted by Crippen LogP contribution is -2.44. The lowest BCUT2D eigenvalue weighted by Gasteiger charge is -2.30. The summed E-state index contributed by atoms with van der Waals surface area (Å²) in [6, 6.07) is 4.28. The highest BCUT2D eigenvalue weighted by Crippen LogP contribution is 2.34. The molecule has 12 heteroatoms. The van der Waals surface area contributed by atoms with Crippen molar-refractivity contribution in [2.75, 3.05) is 0 Å². The first-order valence-corrected chi connectivity index (χ1v) is 11.5. The molecule has 1 unspecified atom stereocenters. The third kappa shape index (κ3) is 4.98. The molecule has 1 atom stereocenters. The minimum atomic E-state index is -4.51. The molecule has 2 N–H and O–H groups in total. The van der Waals surface area contributed by atoms with Crippen molar-refractivity contribution in [2.45, 2.75) is 38.1 Å². The Morgan fingerprint density at radius 2 is 1.85 bits per heavy atom. The highest BCUT2D eigenvalue weighted by Gasteiger charge is 2.33. The Morgan fingerprint density at radius 1 is 1.21 bits per heavy atom. The molecule has 0 bridgehead atoms. The minimum Gasteiger partial charge on any atom is -0.465 e. The summed E-state index contributed by atoms with van der Waals surface area (Å²) in [6.07, 6.45) is 1.92. The van der Waals surface area contributed by atoms with E-state index in [2.05, 4.69) is 15.3 Å². The molecule has 0 spiro atoms. The second-order valence-corrected chi connectivity index (χ2v) is 10.5. The van der Waals surface area contributed by atoms with E-state index in [9.17, 15) is 22.7 Å². The topological polar surface area (TPSA) is 114 Å². The van der Waals surface area contributed by atoms with Crippen LogP contribution in [-0.2, 0) is 16.4 Å². The van der Waals surface area contributed by atoms with E-state index in [4.69, 9.17) is 11.6 Å². The molecule has 0 aliphatic carbocycles. The van der Waals surface area contributed by atoms with E-state index in [0.29, 0.717) is 3.97 Å². The quantitative estimate of drug-likeness (QED) is 0.489. The molecular weight excluding hydrogens is 478 g/mol. The smallest absolute Gasteiger partial charge is 0.404 e. The van der Waals surface area contributed by atoms with Crippen molar-refractivity contribution in [3.8, 4) is 11.3 Å². The maximum Gasteiger partial charge on any atom is 0.404 e. The first kappa shape index (κ1) is 24.6. The van der Waals surface area contributed by atoms with Crippen LogP contribution in [0.1, 0.15) is 26.3 Å². The maximum atomic E-state index is 15.7. The van der Waals surface area contributed by atoms with Gasteiger partial charge in [0.2, 0.25) is 5.95 Å². The number of aromatic nitrogens is 3. The van der Waals surface area contributed by atoms with Crippen molar-refractivity contribution in [1.29, 1.82) is 0 Å². The van der Waals surface area contributed by atoms with Crippen LogP contribution >= 0.6 is 11.6 Å². The monoisotopic (exact) mass is 498 g/mol. The van der Waals surface area contributed by atoms with Crippen LogP contribution in [0.25, 0.3) is 11.3 Å². The Kier molecular flexibility index (Phi) is 6.75. The molecule has 3 rings (SSSR count). The number of pyridine rings is 2. The Balaban J connectivity index is 2.26. The summed E-state index contributed by atoms with van der Waals surface area (Å²) < 4.78 is 57.6. The largest absolute Gasteiger partial charge is 0.465 e. The van der Waals surface area contributed by atoms with Crippen LogP contribution in [0, 0.1) is 17.2 Å². The van der Waals surface area contributed by atoms with Crippen molar-refractivity contribution in [1.82, 2.24) is 19.3 Å². The van der Waals surface area contributed by atoms with E-state index in [0.717, 1.165) is 12.4 Å². The van der Waals surface area contributed by atoms with Gasteiger partial charge in [-0.2, -0.15) is 4.39 Å². The van der Waals surface area contributed by atoms with Gasteiger partial charge in [-0.3, -0.25) is 0 Å². The summed E-state index contributed by atoms with van der Waals surface area (Å²) in [5.41, 5.74) is -1.74. The van der Waals surface area contributed by atoms with Gasteiger partial charge in [-0.15, -0.1) is 0 Å². The van der Waals surface area contributed by atoms with E-state index in [-0.39, 0.29) is 22.7 Å². The second-order valence-electron chi connectivity index (χ2n) is 8.32. The molecule has 0 fully saturated rings. The number of carbonyl (C=O) groups is 1. The standard InChI is InChI=1S/C21H21ClF2N4O4S/c1-21(2,3)15(27-20(29)30)10-12-11-28(33(31,32)14-7-5-8-25-18(14)22)17(16(12)23)13-6-4-9-26-19(13)24/h4-9,11,15,27H,10H2,1-3H3,(H,29,30). The zero-order valence-corrected chi connectivity index (χ0v) is 19.5. The Labute approximate surface area is 194 Å². The molecule has 0 saturated heterocycles. The molecular formula is C21H21ClF2N4O4S. The van der Waals surface area contributed by atoms with Crippen molar-refractivity contribution >= 4 is 27.7 Å². The van der Waals surface area contributed by atoms with Gasteiger partial charge < -0.3 is 10.4 Å². The molecule has 0 aliphatic heterocycles. The first-order chi connectivity index (χ1) is 15.3. The van der Waals surface area contributed by atoms with Crippen molar-refractivity contribution < 1.29 is 27.1 Å². The third-order valence-corrected chi connectivity index (χ3v) is 7.13. The third-order valence-electron chi connectivity index (χ3n) is 5.03. The summed E-state index contributed by atoms with van der Waals surface area (Å²) in [5.74, 6) is -2.10. The molecule has 33 heavy (non-hydrogen) atoms. The Hall–Kier alpha value is -3.05. The van der Waals surface area contributed by atoms with E-state index in [1.807, 2.05) is 0 Å². The molecule has 0 radical (unpaired) electrons. The highest BCUT2D eigenvalue weighted by molar-refractivity contribution is 7.90. The maximum absolute atomic E-state index is 15.7. The van der Waals surface area contributed by atoms with Gasteiger partial charge in [0.1, 0.15) is 15.7 Å². The van der Waals surface area contributed by atoms with E-state index in [1.54, 1.807) is 20.8 Å². The number of nitrogens with zero attached hydrogens (tertiary/aromatic N) is 3. The molecule has 176 valence electrons.